The molecular formula is C19H31N7O. The van der Waals surface area contributed by atoms with Gasteiger partial charge in [-0.2, -0.15) is 0 Å². The molecule has 0 spiro atoms. The smallest absolute Gasteiger partial charge is 0.191 e. The highest BCUT2D eigenvalue weighted by Crippen LogP contribution is 2.16. The SMILES string of the molecule is CCN1CCCC1CN=C(NCCCn1ccnn1)NCCc1ccco1. The molecule has 0 amide bonds. The molecule has 0 aliphatic carbocycles. The second kappa shape index (κ2) is 10.7. The van der Waals surface area contributed by atoms with Crippen molar-refractivity contribution in [1.29, 1.82) is 0 Å². The molecule has 3 rings (SSSR count). The van der Waals surface area contributed by atoms with Gasteiger partial charge in [0.2, 0.25) is 0 Å². The van der Waals surface area contributed by atoms with Crippen LogP contribution in [0.2, 0.25) is 0 Å². The number of nitrogens with zero attached hydrogens (tertiary/aromatic N) is 5. The maximum absolute atomic E-state index is 5.40. The third-order valence-corrected chi connectivity index (χ3v) is 4.94. The predicted molar refractivity (Wildman–Crippen MR) is 106 cm³/mol. The number of likely N-dealkylation sites (N-methyl/N-ethyl adjacent to an activating group) is 1. The molecule has 1 saturated heterocycles. The Balaban J connectivity index is 1.46. The van der Waals surface area contributed by atoms with Gasteiger partial charge in [-0.15, -0.1) is 5.10 Å². The molecule has 1 aliphatic heterocycles. The van der Waals surface area contributed by atoms with Crippen molar-refractivity contribution in [1.82, 2.24) is 30.5 Å². The van der Waals surface area contributed by atoms with E-state index in [0.717, 1.165) is 57.3 Å². The Hall–Kier alpha value is -2.35. The van der Waals surface area contributed by atoms with Gasteiger partial charge < -0.3 is 15.1 Å². The van der Waals surface area contributed by atoms with Gasteiger partial charge in [-0.05, 0) is 44.5 Å². The molecule has 148 valence electrons. The quantitative estimate of drug-likeness (QED) is 0.373. The Morgan fingerprint density at radius 2 is 2.30 bits per heavy atom. The summed E-state index contributed by atoms with van der Waals surface area (Å²) in [6.45, 7) is 7.86. The number of nitrogens with one attached hydrogen (secondary N) is 2. The van der Waals surface area contributed by atoms with Crippen LogP contribution in [-0.2, 0) is 13.0 Å². The van der Waals surface area contributed by atoms with E-state index in [2.05, 4.69) is 32.8 Å². The van der Waals surface area contributed by atoms with Crippen LogP contribution < -0.4 is 10.6 Å². The Bertz CT molecular complexity index is 654. The molecule has 2 aromatic heterocycles. The number of aryl methyl sites for hydroxylation is 1. The maximum Gasteiger partial charge on any atom is 0.191 e. The molecule has 27 heavy (non-hydrogen) atoms. The molecule has 1 fully saturated rings. The van der Waals surface area contributed by atoms with Crippen LogP contribution in [-0.4, -0.2) is 64.6 Å². The monoisotopic (exact) mass is 373 g/mol. The first-order valence-electron chi connectivity index (χ1n) is 9.98. The highest BCUT2D eigenvalue weighted by Gasteiger charge is 2.22. The van der Waals surface area contributed by atoms with E-state index in [9.17, 15) is 0 Å². The molecule has 8 heteroatoms. The summed E-state index contributed by atoms with van der Waals surface area (Å²) in [5, 5.41) is 14.7. The summed E-state index contributed by atoms with van der Waals surface area (Å²) < 4.78 is 7.25. The van der Waals surface area contributed by atoms with Crippen LogP contribution in [0.15, 0.2) is 40.2 Å². The van der Waals surface area contributed by atoms with Crippen molar-refractivity contribution in [2.24, 2.45) is 4.99 Å². The van der Waals surface area contributed by atoms with Gasteiger partial charge in [-0.3, -0.25) is 14.6 Å². The van der Waals surface area contributed by atoms with Crippen molar-refractivity contribution in [2.75, 3.05) is 32.7 Å². The van der Waals surface area contributed by atoms with Crippen molar-refractivity contribution in [3.05, 3.63) is 36.5 Å². The predicted octanol–water partition coefficient (Wildman–Crippen LogP) is 1.52. The second-order valence-electron chi connectivity index (χ2n) is 6.82. The van der Waals surface area contributed by atoms with Crippen LogP contribution in [0.5, 0.6) is 0 Å². The molecule has 0 aromatic carbocycles. The van der Waals surface area contributed by atoms with Crippen molar-refractivity contribution in [2.45, 2.75) is 45.2 Å². The number of aliphatic imine (C=N–C) groups is 1. The van der Waals surface area contributed by atoms with E-state index in [4.69, 9.17) is 9.41 Å². The molecule has 1 unspecified atom stereocenters. The van der Waals surface area contributed by atoms with Crippen molar-refractivity contribution < 1.29 is 4.42 Å². The summed E-state index contributed by atoms with van der Waals surface area (Å²) >= 11 is 0. The van der Waals surface area contributed by atoms with Crippen molar-refractivity contribution >= 4 is 5.96 Å². The summed E-state index contributed by atoms with van der Waals surface area (Å²) in [6, 6.07) is 4.49. The summed E-state index contributed by atoms with van der Waals surface area (Å²) in [5.74, 6) is 1.86. The van der Waals surface area contributed by atoms with E-state index in [1.807, 2.05) is 23.0 Å². The lowest BCUT2D eigenvalue weighted by Crippen LogP contribution is -2.40. The number of furan rings is 1. The molecule has 1 atom stereocenters. The molecule has 0 radical (unpaired) electrons. The number of likely N-dealkylation sites (tertiary alicyclic amines) is 1. The highest BCUT2D eigenvalue weighted by atomic mass is 16.3. The van der Waals surface area contributed by atoms with Crippen LogP contribution in [0.4, 0.5) is 0 Å². The summed E-state index contributed by atoms with van der Waals surface area (Å²) in [5.41, 5.74) is 0. The van der Waals surface area contributed by atoms with Gasteiger partial charge in [-0.1, -0.05) is 12.1 Å². The van der Waals surface area contributed by atoms with Gasteiger partial charge in [0.05, 0.1) is 19.0 Å². The molecule has 0 saturated carbocycles. The van der Waals surface area contributed by atoms with E-state index in [-0.39, 0.29) is 0 Å². The topological polar surface area (TPSA) is 83.5 Å². The first-order chi connectivity index (χ1) is 13.3. The molecule has 1 aliphatic rings. The van der Waals surface area contributed by atoms with Gasteiger partial charge in [0.15, 0.2) is 5.96 Å². The van der Waals surface area contributed by atoms with Gasteiger partial charge in [-0.25, -0.2) is 0 Å². The second-order valence-corrected chi connectivity index (χ2v) is 6.82. The minimum atomic E-state index is 0.564. The zero-order chi connectivity index (χ0) is 18.7. The van der Waals surface area contributed by atoms with E-state index in [0.29, 0.717) is 6.04 Å². The Morgan fingerprint density at radius 3 is 3.07 bits per heavy atom. The van der Waals surface area contributed by atoms with Gasteiger partial charge >= 0.3 is 0 Å². The van der Waals surface area contributed by atoms with Crippen molar-refractivity contribution in [3.8, 4) is 0 Å². The lowest BCUT2D eigenvalue weighted by atomic mass is 10.2. The van der Waals surface area contributed by atoms with Crippen LogP contribution in [0.3, 0.4) is 0 Å². The molecule has 3 heterocycles. The lowest BCUT2D eigenvalue weighted by molar-refractivity contribution is 0.273. The van der Waals surface area contributed by atoms with Crippen LogP contribution in [0, 0.1) is 0 Å². The number of aromatic nitrogens is 3. The maximum atomic E-state index is 5.40. The summed E-state index contributed by atoms with van der Waals surface area (Å²) in [7, 11) is 0. The Morgan fingerprint density at radius 1 is 1.37 bits per heavy atom. The largest absolute Gasteiger partial charge is 0.469 e. The average Bonchev–Trinajstić information content (AvgIpc) is 3.45. The van der Waals surface area contributed by atoms with E-state index >= 15 is 0 Å². The third kappa shape index (κ3) is 6.39. The Kier molecular flexibility index (Phi) is 7.70. The average molecular weight is 374 g/mol. The fraction of sp³-hybridized carbons (Fsp3) is 0.632. The Labute approximate surface area is 161 Å². The van der Waals surface area contributed by atoms with Gasteiger partial charge in [0, 0.05) is 38.3 Å². The van der Waals surface area contributed by atoms with E-state index in [1.54, 1.807) is 12.5 Å². The molecular weight excluding hydrogens is 342 g/mol. The van der Waals surface area contributed by atoms with Crippen LogP contribution in [0.25, 0.3) is 0 Å². The highest BCUT2D eigenvalue weighted by molar-refractivity contribution is 5.79. The fourth-order valence-electron chi connectivity index (χ4n) is 3.45. The van der Waals surface area contributed by atoms with Crippen LogP contribution >= 0.6 is 0 Å². The van der Waals surface area contributed by atoms with Gasteiger partial charge in [0.1, 0.15) is 5.76 Å². The molecule has 2 N–H and O–H groups in total. The van der Waals surface area contributed by atoms with E-state index in [1.165, 1.54) is 19.4 Å². The number of hydrogen-bond acceptors (Lipinski definition) is 5. The standard InChI is InChI=1S/C19H31N7O/c1-2-25-12-3-6-17(25)16-22-19(21-10-8-18-7-4-15-27-18)20-9-5-13-26-14-11-23-24-26/h4,7,11,14-15,17H,2-3,5-6,8-10,12-13,16H2,1H3,(H2,20,21,22). The zero-order valence-corrected chi connectivity index (χ0v) is 16.2. The summed E-state index contributed by atoms with van der Waals surface area (Å²) in [4.78, 5) is 7.37. The molecule has 8 nitrogen and oxygen atoms in total. The summed E-state index contributed by atoms with van der Waals surface area (Å²) in [6.07, 6.45) is 9.63. The first-order valence-corrected chi connectivity index (χ1v) is 9.98. The van der Waals surface area contributed by atoms with Crippen molar-refractivity contribution in [3.63, 3.8) is 0 Å². The molecule has 2 aromatic rings. The minimum Gasteiger partial charge on any atom is -0.469 e. The number of guanidine groups is 1. The first kappa shape index (κ1) is 19.4. The lowest BCUT2D eigenvalue weighted by Gasteiger charge is -2.21. The number of rotatable bonds is 10. The third-order valence-electron chi connectivity index (χ3n) is 4.94. The zero-order valence-electron chi connectivity index (χ0n) is 16.2. The molecule has 0 bridgehead atoms. The normalized spacial score (nSPS) is 18.1. The fourth-order valence-corrected chi connectivity index (χ4v) is 3.45. The van der Waals surface area contributed by atoms with Gasteiger partial charge in [0.25, 0.3) is 0 Å². The minimum absolute atomic E-state index is 0.564. The number of hydrogen-bond donors (Lipinski definition) is 2. The van der Waals surface area contributed by atoms with E-state index < -0.39 is 0 Å². The van der Waals surface area contributed by atoms with Crippen LogP contribution in [0.1, 0.15) is 31.9 Å².